The third-order valence-corrected chi connectivity index (χ3v) is 7.70. The molecule has 0 aromatic heterocycles. The van der Waals surface area contributed by atoms with Crippen molar-refractivity contribution in [3.05, 3.63) is 0 Å². The SMILES string of the molecule is CCO[Si](C)(OCC)C(F)(F)C(F)(F)C(F)(F)C(F)(F)C(F)(F)C(F)(F)C(F)(F)CCC(F)(F)F.[SiH4]. The van der Waals surface area contributed by atoms with Crippen molar-refractivity contribution in [1.29, 1.82) is 0 Å². The summed E-state index contributed by atoms with van der Waals surface area (Å²) in [6, 6.07) is 0. The lowest BCUT2D eigenvalue weighted by Crippen LogP contribution is -2.77. The van der Waals surface area contributed by atoms with Crippen molar-refractivity contribution >= 4 is 19.5 Å². The van der Waals surface area contributed by atoms with Crippen molar-refractivity contribution in [2.24, 2.45) is 0 Å². The first-order chi connectivity index (χ1) is 15.1. The molecule has 0 aliphatic carbocycles. The van der Waals surface area contributed by atoms with Crippen molar-refractivity contribution in [2.45, 2.75) is 80.5 Å². The summed E-state index contributed by atoms with van der Waals surface area (Å²) < 4.78 is 238. The molecule has 0 saturated heterocycles. The van der Waals surface area contributed by atoms with Crippen LogP contribution in [0.3, 0.4) is 0 Å². The summed E-state index contributed by atoms with van der Waals surface area (Å²) in [6.45, 7) is -0.474. The quantitative estimate of drug-likeness (QED) is 0.188. The molecule has 21 heteroatoms. The van der Waals surface area contributed by atoms with Crippen LogP contribution < -0.4 is 0 Å². The first-order valence-electron chi connectivity index (χ1n) is 9.07. The largest absolute Gasteiger partial charge is 0.419 e. The number of alkyl halides is 17. The van der Waals surface area contributed by atoms with Crippen LogP contribution in [0.1, 0.15) is 26.7 Å². The van der Waals surface area contributed by atoms with Crippen LogP contribution in [0.4, 0.5) is 74.6 Å². The van der Waals surface area contributed by atoms with E-state index in [0.717, 1.165) is 13.8 Å². The van der Waals surface area contributed by atoms with E-state index >= 15 is 0 Å². The Kier molecular flexibility index (Phi) is 11.1. The summed E-state index contributed by atoms with van der Waals surface area (Å²) in [5, 5.41) is 0. The molecule has 0 rings (SSSR count). The van der Waals surface area contributed by atoms with E-state index in [1.807, 2.05) is 0 Å². The predicted octanol–water partition coefficient (Wildman–Crippen LogP) is 6.01. The topological polar surface area (TPSA) is 18.5 Å². The zero-order chi connectivity index (χ0) is 28.7. The second kappa shape index (κ2) is 10.7. The Morgan fingerprint density at radius 2 is 0.806 bits per heavy atom. The third kappa shape index (κ3) is 5.76. The van der Waals surface area contributed by atoms with E-state index in [0.29, 0.717) is 0 Å². The molecule has 0 spiro atoms. The average molecular weight is 612 g/mol. The van der Waals surface area contributed by atoms with E-state index < -0.39 is 81.9 Å². The molecule has 0 aromatic rings. The van der Waals surface area contributed by atoms with E-state index in [1.165, 1.54) is 0 Å². The first kappa shape index (κ1) is 37.3. The molecule has 0 saturated carbocycles. The maximum absolute atomic E-state index is 14.4. The van der Waals surface area contributed by atoms with Crippen molar-refractivity contribution in [1.82, 2.24) is 0 Å². The fourth-order valence-corrected chi connectivity index (χ4v) is 4.81. The van der Waals surface area contributed by atoms with Crippen LogP contribution in [0.15, 0.2) is 0 Å². The van der Waals surface area contributed by atoms with Crippen molar-refractivity contribution in [3.8, 4) is 0 Å². The van der Waals surface area contributed by atoms with Gasteiger partial charge in [-0.25, -0.2) is 0 Å². The van der Waals surface area contributed by atoms with Gasteiger partial charge < -0.3 is 8.85 Å². The van der Waals surface area contributed by atoms with Crippen LogP contribution in [0.5, 0.6) is 0 Å². The fraction of sp³-hybridized carbons (Fsp3) is 1.00. The maximum Gasteiger partial charge on any atom is 0.419 e. The lowest BCUT2D eigenvalue weighted by atomic mass is 9.90. The minimum atomic E-state index is -8.38. The van der Waals surface area contributed by atoms with Gasteiger partial charge in [0.1, 0.15) is 0 Å². The van der Waals surface area contributed by atoms with Gasteiger partial charge in [0.15, 0.2) is 0 Å². The smallest absolute Gasteiger partial charge is 0.391 e. The van der Waals surface area contributed by atoms with Gasteiger partial charge in [0.2, 0.25) is 0 Å². The Balaban J connectivity index is 0. The zero-order valence-electron chi connectivity index (χ0n) is 17.6. The van der Waals surface area contributed by atoms with Crippen LogP contribution in [-0.4, -0.2) is 80.0 Å². The Labute approximate surface area is 197 Å². The summed E-state index contributed by atoms with van der Waals surface area (Å²) in [6.07, 6.45) is -12.1. The minimum Gasteiger partial charge on any atom is -0.391 e. The Morgan fingerprint density at radius 1 is 0.500 bits per heavy atom. The van der Waals surface area contributed by atoms with Gasteiger partial charge in [-0.15, -0.1) is 0 Å². The number of halogens is 17. The maximum atomic E-state index is 14.4. The molecule has 2 nitrogen and oxygen atoms in total. The highest BCUT2D eigenvalue weighted by Crippen LogP contribution is 2.63. The van der Waals surface area contributed by atoms with E-state index in [2.05, 4.69) is 8.85 Å². The predicted molar refractivity (Wildman–Crippen MR) is 96.1 cm³/mol. The molecular weight excluding hydrogens is 591 g/mol. The van der Waals surface area contributed by atoms with E-state index in [9.17, 15) is 74.6 Å². The Bertz CT molecular complexity index is 717. The van der Waals surface area contributed by atoms with Gasteiger partial charge in [-0.2, -0.15) is 74.6 Å². The normalized spacial score (nSPS) is 15.7. The molecule has 0 aliphatic rings. The molecule has 0 heterocycles. The molecule has 0 fully saturated rings. The van der Waals surface area contributed by atoms with Crippen molar-refractivity contribution in [3.63, 3.8) is 0 Å². The molecule has 0 aromatic carbocycles. The average Bonchev–Trinajstić information content (AvgIpc) is 2.65. The molecular formula is C15H21F17O2Si2. The second-order valence-corrected chi connectivity index (χ2v) is 10.2. The van der Waals surface area contributed by atoms with E-state index in [4.69, 9.17) is 0 Å². The molecule has 0 bridgehead atoms. The van der Waals surface area contributed by atoms with Crippen LogP contribution in [-0.2, 0) is 8.85 Å². The molecule has 0 unspecified atom stereocenters. The van der Waals surface area contributed by atoms with Gasteiger partial charge in [0, 0.05) is 26.1 Å². The summed E-state index contributed by atoms with van der Waals surface area (Å²) >= 11 is 0. The third-order valence-electron chi connectivity index (χ3n) is 4.56. The number of hydrogen-bond acceptors (Lipinski definition) is 2. The molecule has 0 amide bonds. The summed E-state index contributed by atoms with van der Waals surface area (Å²) in [4.78, 5) is 0. The van der Waals surface area contributed by atoms with E-state index in [1.54, 1.807) is 0 Å². The Morgan fingerprint density at radius 3 is 1.11 bits per heavy atom. The molecule has 0 radical (unpaired) electrons. The van der Waals surface area contributed by atoms with Gasteiger partial charge in [-0.1, -0.05) is 0 Å². The first-order valence-corrected chi connectivity index (χ1v) is 11.4. The Hall–Kier alpha value is -0.836. The van der Waals surface area contributed by atoms with E-state index in [-0.39, 0.29) is 17.5 Å². The van der Waals surface area contributed by atoms with Crippen molar-refractivity contribution < 1.29 is 83.5 Å². The van der Waals surface area contributed by atoms with Crippen LogP contribution >= 0.6 is 0 Å². The number of rotatable bonds is 13. The summed E-state index contributed by atoms with van der Waals surface area (Å²) in [5.41, 5.74) is -6.58. The lowest BCUT2D eigenvalue weighted by Gasteiger charge is -2.45. The number of hydrogen-bond donors (Lipinski definition) is 0. The van der Waals surface area contributed by atoms with Gasteiger partial charge >= 0.3 is 55.8 Å². The van der Waals surface area contributed by atoms with Crippen molar-refractivity contribution in [2.75, 3.05) is 13.2 Å². The summed E-state index contributed by atoms with van der Waals surface area (Å²) in [7, 11) is -6.08. The standard InChI is InChI=1S/C15H17F17O2Si.H4Si/c1-4-33-35(3,34-5-2)15(31,32)14(29,30)13(27,28)12(25,26)11(23,24)10(21,22)8(16,17)6-7-9(18,19)20;/h4-7H2,1-3H3;1H4. The van der Waals surface area contributed by atoms with Gasteiger partial charge in [0.25, 0.3) is 0 Å². The summed E-state index contributed by atoms with van der Waals surface area (Å²) in [5.74, 6) is -47.3. The molecule has 220 valence electrons. The fourth-order valence-electron chi connectivity index (χ4n) is 2.53. The minimum absolute atomic E-state index is 0. The molecule has 0 aliphatic heterocycles. The highest BCUT2D eigenvalue weighted by Gasteiger charge is 2.94. The highest BCUT2D eigenvalue weighted by molar-refractivity contribution is 6.69. The molecule has 0 atom stereocenters. The second-order valence-electron chi connectivity index (χ2n) is 7.08. The zero-order valence-corrected chi connectivity index (χ0v) is 18.6. The van der Waals surface area contributed by atoms with Gasteiger partial charge in [-0.3, -0.25) is 0 Å². The van der Waals surface area contributed by atoms with Crippen LogP contribution in [0.2, 0.25) is 6.55 Å². The van der Waals surface area contributed by atoms with Crippen LogP contribution in [0, 0.1) is 0 Å². The van der Waals surface area contributed by atoms with Crippen LogP contribution in [0.25, 0.3) is 0 Å². The highest BCUT2D eigenvalue weighted by atomic mass is 28.4. The lowest BCUT2D eigenvalue weighted by molar-refractivity contribution is -0.438. The molecule has 36 heavy (non-hydrogen) atoms. The monoisotopic (exact) mass is 612 g/mol. The van der Waals surface area contributed by atoms with Gasteiger partial charge in [0.05, 0.1) is 0 Å². The molecule has 0 N–H and O–H groups in total. The van der Waals surface area contributed by atoms with Gasteiger partial charge in [-0.05, 0) is 31.4 Å².